The Labute approximate surface area is 250 Å². The lowest BCUT2D eigenvalue weighted by molar-refractivity contribution is -0.224. The molecule has 0 aromatic rings. The molecule has 236 valence electrons. The Morgan fingerprint density at radius 3 is 2.31 bits per heavy atom. The van der Waals surface area contributed by atoms with Crippen LogP contribution in [0.3, 0.4) is 0 Å². The number of aliphatic hydroxyl groups is 4. The standard InChI is InChI=1S/C34H52O8/c1-9-10-11-12-13-14-25(36)42-33-17-21(5)32-16-20(4)29(41-30(39)22(6)19(2)3)34(32,40)27(37)23(18-35)15-24(28(32)38)26(33)31(33,7)8/h15-16,21,24,26-29,35,37-38,40H,9-14,17-18H2,1-8H3/t21-,24+,26-,27-,28?,29+,32+,33+,34+/m1/s1. The summed E-state index contributed by atoms with van der Waals surface area (Å²) < 4.78 is 12.3. The lowest BCUT2D eigenvalue weighted by Crippen LogP contribution is -2.67. The summed E-state index contributed by atoms with van der Waals surface area (Å²) >= 11 is 0. The van der Waals surface area contributed by atoms with E-state index in [-0.39, 0.29) is 17.5 Å². The van der Waals surface area contributed by atoms with Gasteiger partial charge in [-0.15, -0.1) is 0 Å². The van der Waals surface area contributed by atoms with E-state index < -0.39 is 64.8 Å². The summed E-state index contributed by atoms with van der Waals surface area (Å²) in [7, 11) is 0. The van der Waals surface area contributed by atoms with Gasteiger partial charge in [-0.1, -0.05) is 71.1 Å². The van der Waals surface area contributed by atoms with Gasteiger partial charge in [-0.3, -0.25) is 4.79 Å². The summed E-state index contributed by atoms with van der Waals surface area (Å²) in [5, 5.41) is 47.2. The minimum Gasteiger partial charge on any atom is -0.458 e. The first-order valence-corrected chi connectivity index (χ1v) is 15.7. The molecule has 0 amide bonds. The molecule has 0 aromatic heterocycles. The molecule has 2 fully saturated rings. The van der Waals surface area contributed by atoms with Crippen molar-refractivity contribution in [3.63, 3.8) is 0 Å². The van der Waals surface area contributed by atoms with Crippen molar-refractivity contribution in [2.24, 2.45) is 28.6 Å². The molecule has 9 atom stereocenters. The average Bonchev–Trinajstić information content (AvgIpc) is 3.32. The number of allylic oxidation sites excluding steroid dienone is 1. The van der Waals surface area contributed by atoms with Crippen molar-refractivity contribution in [3.05, 3.63) is 34.4 Å². The van der Waals surface area contributed by atoms with Crippen LogP contribution in [0.4, 0.5) is 0 Å². The largest absolute Gasteiger partial charge is 0.458 e. The molecule has 4 aliphatic rings. The summed E-state index contributed by atoms with van der Waals surface area (Å²) in [6, 6.07) is 0. The molecule has 1 unspecified atom stereocenters. The maximum Gasteiger partial charge on any atom is 0.334 e. The molecule has 42 heavy (non-hydrogen) atoms. The molecule has 0 radical (unpaired) electrons. The monoisotopic (exact) mass is 588 g/mol. The third-order valence-corrected chi connectivity index (χ3v) is 11.3. The first kappa shape index (κ1) is 32.9. The average molecular weight is 589 g/mol. The van der Waals surface area contributed by atoms with Gasteiger partial charge in [0.1, 0.15) is 17.3 Å². The maximum atomic E-state index is 13.2. The summed E-state index contributed by atoms with van der Waals surface area (Å²) in [6.45, 7) is 14.5. The molecular weight excluding hydrogens is 536 g/mol. The number of hydrogen-bond donors (Lipinski definition) is 4. The minimum absolute atomic E-state index is 0.152. The van der Waals surface area contributed by atoms with Crippen LogP contribution in [0.5, 0.6) is 0 Å². The normalized spacial score (nSPS) is 39.5. The summed E-state index contributed by atoms with van der Waals surface area (Å²) in [4.78, 5) is 26.4. The van der Waals surface area contributed by atoms with Crippen LogP contribution >= 0.6 is 0 Å². The second-order valence-corrected chi connectivity index (χ2v) is 14.2. The molecule has 8 nitrogen and oxygen atoms in total. The van der Waals surface area contributed by atoms with Crippen molar-refractivity contribution in [1.29, 1.82) is 0 Å². The van der Waals surface area contributed by atoms with Crippen LogP contribution in [-0.4, -0.2) is 68.5 Å². The quantitative estimate of drug-likeness (QED) is 0.127. The number of esters is 2. The third kappa shape index (κ3) is 4.63. The maximum absolute atomic E-state index is 13.2. The smallest absolute Gasteiger partial charge is 0.334 e. The van der Waals surface area contributed by atoms with Gasteiger partial charge in [0.05, 0.1) is 18.1 Å². The number of aliphatic hydroxyl groups excluding tert-OH is 3. The second kappa shape index (κ2) is 11.5. The van der Waals surface area contributed by atoms with E-state index in [0.717, 1.165) is 37.7 Å². The molecule has 0 heterocycles. The van der Waals surface area contributed by atoms with Crippen molar-refractivity contribution in [2.45, 2.75) is 130 Å². The third-order valence-electron chi connectivity index (χ3n) is 11.3. The zero-order valence-corrected chi connectivity index (χ0v) is 26.7. The highest BCUT2D eigenvalue weighted by Gasteiger charge is 2.83. The number of carbonyl (C=O) groups excluding carboxylic acids is 2. The van der Waals surface area contributed by atoms with Gasteiger partial charge in [0.2, 0.25) is 0 Å². The molecule has 1 spiro atoms. The molecule has 0 aromatic carbocycles. The van der Waals surface area contributed by atoms with Gasteiger partial charge in [-0.25, -0.2) is 4.79 Å². The topological polar surface area (TPSA) is 134 Å². The van der Waals surface area contributed by atoms with E-state index >= 15 is 0 Å². The van der Waals surface area contributed by atoms with Crippen molar-refractivity contribution in [3.8, 4) is 0 Å². The number of ether oxygens (including phenoxy) is 2. The van der Waals surface area contributed by atoms with Crippen LogP contribution in [0.2, 0.25) is 0 Å². The Hall–Kier alpha value is -2.00. The molecular formula is C34H52O8. The molecule has 8 heteroatoms. The van der Waals surface area contributed by atoms with Crippen molar-refractivity contribution in [2.75, 3.05) is 6.61 Å². The minimum atomic E-state index is -2.16. The Morgan fingerprint density at radius 1 is 1.07 bits per heavy atom. The lowest BCUT2D eigenvalue weighted by atomic mass is 9.58. The van der Waals surface area contributed by atoms with Crippen LogP contribution in [0, 0.1) is 28.6 Å². The molecule has 0 saturated heterocycles. The van der Waals surface area contributed by atoms with Crippen LogP contribution < -0.4 is 0 Å². The highest BCUT2D eigenvalue weighted by Crippen LogP contribution is 2.76. The van der Waals surface area contributed by atoms with Crippen LogP contribution in [0.15, 0.2) is 34.4 Å². The van der Waals surface area contributed by atoms with Crippen molar-refractivity contribution in [1.82, 2.24) is 0 Å². The Kier molecular flexibility index (Phi) is 9.00. The van der Waals surface area contributed by atoms with Gasteiger partial charge in [0.25, 0.3) is 0 Å². The van der Waals surface area contributed by atoms with E-state index in [9.17, 15) is 30.0 Å². The molecule has 4 rings (SSSR count). The summed E-state index contributed by atoms with van der Waals surface area (Å²) in [5.41, 5.74) is -3.16. The Bertz CT molecular complexity index is 1180. The zero-order chi connectivity index (χ0) is 31.4. The van der Waals surface area contributed by atoms with E-state index in [1.165, 1.54) is 0 Å². The number of fused-ring (bicyclic) bond motifs is 3. The van der Waals surface area contributed by atoms with Gasteiger partial charge in [-0.2, -0.15) is 0 Å². The highest BCUT2D eigenvalue weighted by atomic mass is 16.6. The fraction of sp³-hybridized carbons (Fsp3) is 0.765. The summed E-state index contributed by atoms with van der Waals surface area (Å²) in [6.07, 6.45) is 5.10. The van der Waals surface area contributed by atoms with Crippen LogP contribution in [0.1, 0.15) is 100 Å². The second-order valence-electron chi connectivity index (χ2n) is 14.2. The SMILES string of the molecule is CCCCCCCC(=O)O[C@@]12C[C@@H](C)[C@]34C=C(C)[C@H](OC(=O)C(C)=C(C)C)[C@@]3(O)[C@H](O)C(CO)=C[C@H](C4O)[C@@H]1C2(C)C. The van der Waals surface area contributed by atoms with Gasteiger partial charge in [-0.05, 0) is 57.6 Å². The van der Waals surface area contributed by atoms with Crippen molar-refractivity contribution >= 4 is 11.9 Å². The fourth-order valence-electron chi connectivity index (χ4n) is 8.73. The Morgan fingerprint density at radius 2 is 1.71 bits per heavy atom. The zero-order valence-electron chi connectivity index (χ0n) is 26.7. The van der Waals surface area contributed by atoms with E-state index in [4.69, 9.17) is 9.47 Å². The highest BCUT2D eigenvalue weighted by molar-refractivity contribution is 5.89. The van der Waals surface area contributed by atoms with E-state index in [0.29, 0.717) is 24.0 Å². The van der Waals surface area contributed by atoms with Gasteiger partial charge in [0.15, 0.2) is 6.10 Å². The predicted octanol–water partition coefficient (Wildman–Crippen LogP) is 4.54. The molecule has 0 aliphatic heterocycles. The first-order valence-electron chi connectivity index (χ1n) is 15.7. The lowest BCUT2D eigenvalue weighted by Gasteiger charge is -2.52. The number of unbranched alkanes of at least 4 members (excludes halogenated alkanes) is 4. The van der Waals surface area contributed by atoms with Gasteiger partial charge < -0.3 is 29.9 Å². The fourth-order valence-corrected chi connectivity index (χ4v) is 8.73. The first-order chi connectivity index (χ1) is 19.6. The van der Waals surface area contributed by atoms with Gasteiger partial charge >= 0.3 is 11.9 Å². The van der Waals surface area contributed by atoms with Crippen molar-refractivity contribution < 1.29 is 39.5 Å². The van der Waals surface area contributed by atoms with E-state index in [1.807, 2.05) is 20.8 Å². The number of hydrogen-bond acceptors (Lipinski definition) is 8. The molecule has 2 bridgehead atoms. The predicted molar refractivity (Wildman–Crippen MR) is 159 cm³/mol. The van der Waals surface area contributed by atoms with Gasteiger partial charge in [0, 0.05) is 29.2 Å². The number of carbonyl (C=O) groups is 2. The Balaban J connectivity index is 1.77. The van der Waals surface area contributed by atoms with Crippen LogP contribution in [0.25, 0.3) is 0 Å². The van der Waals surface area contributed by atoms with E-state index in [2.05, 4.69) is 6.92 Å². The molecule has 4 aliphatic carbocycles. The molecule has 2 saturated carbocycles. The summed E-state index contributed by atoms with van der Waals surface area (Å²) in [5.74, 6) is -2.31. The van der Waals surface area contributed by atoms with E-state index in [1.54, 1.807) is 39.8 Å². The molecule has 4 N–H and O–H groups in total. The number of rotatable bonds is 10. The van der Waals surface area contributed by atoms with Crippen LogP contribution in [-0.2, 0) is 19.1 Å².